The molecule has 2 aliphatic heterocycles. The first-order valence-electron chi connectivity index (χ1n) is 7.50. The molecule has 0 bridgehead atoms. The van der Waals surface area contributed by atoms with Gasteiger partial charge in [-0.15, -0.1) is 0 Å². The predicted molar refractivity (Wildman–Crippen MR) is 73.7 cm³/mol. The van der Waals surface area contributed by atoms with Crippen LogP contribution < -0.4 is 5.32 Å². The predicted octanol–water partition coefficient (Wildman–Crippen LogP) is 0.599. The molecule has 0 atom stereocenters. The van der Waals surface area contributed by atoms with Gasteiger partial charge in [0, 0.05) is 25.6 Å². The maximum absolute atomic E-state index is 12.4. The third-order valence-corrected chi connectivity index (χ3v) is 4.03. The number of amides is 2. The summed E-state index contributed by atoms with van der Waals surface area (Å²) in [4.78, 5) is 27.8. The molecule has 0 spiro atoms. The van der Waals surface area contributed by atoms with Crippen LogP contribution in [0, 0.1) is 0 Å². The van der Waals surface area contributed by atoms with E-state index in [2.05, 4.69) is 12.2 Å². The molecule has 0 aromatic carbocycles. The van der Waals surface area contributed by atoms with Gasteiger partial charge in [0.2, 0.25) is 11.8 Å². The number of nitrogens with zero attached hydrogens (tertiary/aromatic N) is 2. The van der Waals surface area contributed by atoms with Crippen LogP contribution >= 0.6 is 0 Å². The van der Waals surface area contributed by atoms with E-state index >= 15 is 0 Å². The number of hydrogen-bond donors (Lipinski definition) is 1. The van der Waals surface area contributed by atoms with E-state index in [0.717, 1.165) is 51.9 Å². The lowest BCUT2D eigenvalue weighted by Gasteiger charge is -2.35. The van der Waals surface area contributed by atoms with Crippen molar-refractivity contribution < 1.29 is 9.59 Å². The zero-order chi connectivity index (χ0) is 13.7. The van der Waals surface area contributed by atoms with Gasteiger partial charge in [-0.05, 0) is 38.8 Å². The molecule has 2 heterocycles. The van der Waals surface area contributed by atoms with Gasteiger partial charge in [-0.2, -0.15) is 0 Å². The highest BCUT2D eigenvalue weighted by Gasteiger charge is 2.28. The first-order valence-corrected chi connectivity index (χ1v) is 7.50. The summed E-state index contributed by atoms with van der Waals surface area (Å²) in [6.07, 6.45) is 4.53. The second kappa shape index (κ2) is 6.89. The maximum atomic E-state index is 12.4. The van der Waals surface area contributed by atoms with Crippen LogP contribution in [0.4, 0.5) is 0 Å². The van der Waals surface area contributed by atoms with Gasteiger partial charge in [0.05, 0.1) is 6.54 Å². The van der Waals surface area contributed by atoms with Crippen LogP contribution in [0.15, 0.2) is 0 Å². The van der Waals surface area contributed by atoms with E-state index in [-0.39, 0.29) is 18.4 Å². The molecule has 1 N–H and O–H groups in total. The van der Waals surface area contributed by atoms with E-state index in [1.54, 1.807) is 4.90 Å². The second-order valence-electron chi connectivity index (χ2n) is 5.49. The molecule has 19 heavy (non-hydrogen) atoms. The van der Waals surface area contributed by atoms with Crippen molar-refractivity contribution in [3.05, 3.63) is 0 Å². The molecule has 0 saturated carbocycles. The van der Waals surface area contributed by atoms with Crippen molar-refractivity contribution in [2.45, 2.75) is 45.1 Å². The molecule has 2 fully saturated rings. The summed E-state index contributed by atoms with van der Waals surface area (Å²) in [6.45, 7) is 5.91. The highest BCUT2D eigenvalue weighted by molar-refractivity contribution is 5.86. The van der Waals surface area contributed by atoms with Gasteiger partial charge in [0.15, 0.2) is 0 Å². The van der Waals surface area contributed by atoms with Gasteiger partial charge in [-0.1, -0.05) is 6.92 Å². The van der Waals surface area contributed by atoms with Crippen LogP contribution in [0.25, 0.3) is 0 Å². The zero-order valence-corrected chi connectivity index (χ0v) is 11.9. The largest absolute Gasteiger partial charge is 0.338 e. The third kappa shape index (κ3) is 3.69. The first kappa shape index (κ1) is 14.3. The minimum absolute atomic E-state index is 0.129. The molecule has 0 radical (unpaired) electrons. The Morgan fingerprint density at radius 1 is 1.42 bits per heavy atom. The lowest BCUT2D eigenvalue weighted by molar-refractivity contribution is -0.140. The highest BCUT2D eigenvalue weighted by Crippen LogP contribution is 2.15. The van der Waals surface area contributed by atoms with E-state index in [4.69, 9.17) is 0 Å². The van der Waals surface area contributed by atoms with Crippen molar-refractivity contribution in [1.29, 1.82) is 0 Å². The van der Waals surface area contributed by atoms with Gasteiger partial charge in [0.1, 0.15) is 0 Å². The van der Waals surface area contributed by atoms with E-state index in [9.17, 15) is 9.59 Å². The van der Waals surface area contributed by atoms with E-state index in [0.29, 0.717) is 12.5 Å². The summed E-state index contributed by atoms with van der Waals surface area (Å²) in [6, 6.07) is 0.353. The van der Waals surface area contributed by atoms with Crippen molar-refractivity contribution in [2.24, 2.45) is 0 Å². The number of rotatable bonds is 5. The van der Waals surface area contributed by atoms with E-state index in [1.165, 1.54) is 0 Å². The Labute approximate surface area is 115 Å². The van der Waals surface area contributed by atoms with Crippen molar-refractivity contribution in [1.82, 2.24) is 15.1 Å². The standard InChI is InChI=1S/C14H25N3O2/c1-2-9-17(12-5-7-15-8-6-12)14(19)11-16-10-3-4-13(16)18/h12,15H,2-11H2,1H3. The third-order valence-electron chi connectivity index (χ3n) is 4.03. The minimum atomic E-state index is 0.129. The zero-order valence-electron chi connectivity index (χ0n) is 11.9. The molecule has 0 aliphatic carbocycles. The lowest BCUT2D eigenvalue weighted by atomic mass is 10.0. The fourth-order valence-corrected chi connectivity index (χ4v) is 3.00. The van der Waals surface area contributed by atoms with Crippen molar-refractivity contribution in [3.63, 3.8) is 0 Å². The molecule has 2 aliphatic rings. The van der Waals surface area contributed by atoms with Crippen LogP contribution in [0.2, 0.25) is 0 Å². The SMILES string of the molecule is CCCN(C(=O)CN1CCCC1=O)C1CCNCC1. The first-order chi connectivity index (χ1) is 9.22. The average molecular weight is 267 g/mol. The average Bonchev–Trinajstić information content (AvgIpc) is 2.82. The lowest BCUT2D eigenvalue weighted by Crippen LogP contribution is -2.49. The van der Waals surface area contributed by atoms with Gasteiger partial charge < -0.3 is 15.1 Å². The Morgan fingerprint density at radius 2 is 2.16 bits per heavy atom. The van der Waals surface area contributed by atoms with Crippen LogP contribution in [0.5, 0.6) is 0 Å². The Hall–Kier alpha value is -1.10. The Kier molecular flexibility index (Phi) is 5.19. The summed E-state index contributed by atoms with van der Waals surface area (Å²) >= 11 is 0. The number of piperidine rings is 1. The number of hydrogen-bond acceptors (Lipinski definition) is 3. The van der Waals surface area contributed by atoms with Gasteiger partial charge in [-0.3, -0.25) is 9.59 Å². The molecule has 0 aromatic heterocycles. The Bertz CT molecular complexity index is 327. The number of likely N-dealkylation sites (tertiary alicyclic amines) is 1. The molecular weight excluding hydrogens is 242 g/mol. The topological polar surface area (TPSA) is 52.7 Å². The molecule has 2 amide bonds. The van der Waals surface area contributed by atoms with Crippen molar-refractivity contribution in [2.75, 3.05) is 32.7 Å². The van der Waals surface area contributed by atoms with Crippen LogP contribution in [0.3, 0.4) is 0 Å². The molecule has 2 saturated heterocycles. The quantitative estimate of drug-likeness (QED) is 0.793. The fraction of sp³-hybridized carbons (Fsp3) is 0.857. The summed E-state index contributed by atoms with van der Waals surface area (Å²) in [5, 5.41) is 3.33. The maximum Gasteiger partial charge on any atom is 0.242 e. The Morgan fingerprint density at radius 3 is 2.74 bits per heavy atom. The van der Waals surface area contributed by atoms with Crippen LogP contribution in [-0.4, -0.2) is 60.4 Å². The summed E-state index contributed by atoms with van der Waals surface area (Å²) in [7, 11) is 0. The van der Waals surface area contributed by atoms with Crippen LogP contribution in [0.1, 0.15) is 39.0 Å². The number of carbonyl (C=O) groups excluding carboxylic acids is 2. The summed E-state index contributed by atoms with van der Waals surface area (Å²) < 4.78 is 0. The van der Waals surface area contributed by atoms with E-state index in [1.807, 2.05) is 4.90 Å². The molecule has 0 aromatic rings. The van der Waals surface area contributed by atoms with Crippen molar-refractivity contribution in [3.8, 4) is 0 Å². The summed E-state index contributed by atoms with van der Waals surface area (Å²) in [5.41, 5.74) is 0. The number of nitrogens with one attached hydrogen (secondary N) is 1. The molecule has 5 heteroatoms. The molecule has 108 valence electrons. The van der Waals surface area contributed by atoms with E-state index < -0.39 is 0 Å². The second-order valence-corrected chi connectivity index (χ2v) is 5.49. The minimum Gasteiger partial charge on any atom is -0.338 e. The smallest absolute Gasteiger partial charge is 0.242 e. The molecule has 0 unspecified atom stereocenters. The Balaban J connectivity index is 1.93. The molecule has 5 nitrogen and oxygen atoms in total. The molecule has 2 rings (SSSR count). The van der Waals surface area contributed by atoms with Gasteiger partial charge >= 0.3 is 0 Å². The highest BCUT2D eigenvalue weighted by atomic mass is 16.2. The van der Waals surface area contributed by atoms with Gasteiger partial charge in [0.25, 0.3) is 0 Å². The normalized spacial score (nSPS) is 20.9. The fourth-order valence-electron chi connectivity index (χ4n) is 3.00. The number of carbonyl (C=O) groups is 2. The monoisotopic (exact) mass is 267 g/mol. The van der Waals surface area contributed by atoms with Gasteiger partial charge in [-0.25, -0.2) is 0 Å². The summed E-state index contributed by atoms with van der Waals surface area (Å²) in [5.74, 6) is 0.263. The van der Waals surface area contributed by atoms with Crippen LogP contribution in [-0.2, 0) is 9.59 Å². The molecular formula is C14H25N3O2. The van der Waals surface area contributed by atoms with Crippen molar-refractivity contribution >= 4 is 11.8 Å².